The average molecular weight is 312 g/mol. The van der Waals surface area contributed by atoms with E-state index in [9.17, 15) is 14.4 Å². The summed E-state index contributed by atoms with van der Waals surface area (Å²) in [5.41, 5.74) is 0.470. The number of aromatic nitrogens is 3. The Morgan fingerprint density at radius 1 is 1.17 bits per heavy atom. The van der Waals surface area contributed by atoms with Gasteiger partial charge in [-0.25, -0.2) is 4.79 Å². The second kappa shape index (κ2) is 5.01. The van der Waals surface area contributed by atoms with Gasteiger partial charge in [-0.2, -0.15) is 0 Å². The van der Waals surface area contributed by atoms with Gasteiger partial charge in [0, 0.05) is 6.42 Å². The van der Waals surface area contributed by atoms with Crippen LogP contribution in [-0.2, 0) is 16.1 Å². The van der Waals surface area contributed by atoms with Crippen LogP contribution in [0.2, 0.25) is 0 Å². The van der Waals surface area contributed by atoms with Crippen LogP contribution < -0.4 is 0 Å². The first-order valence-corrected chi connectivity index (χ1v) is 7.25. The van der Waals surface area contributed by atoms with Crippen molar-refractivity contribution in [1.29, 1.82) is 0 Å². The van der Waals surface area contributed by atoms with Gasteiger partial charge in [0.1, 0.15) is 18.2 Å². The maximum atomic E-state index is 12.4. The number of hydroxylamine groups is 2. The van der Waals surface area contributed by atoms with Crippen molar-refractivity contribution in [3.63, 3.8) is 0 Å². The molecule has 0 spiro atoms. The first kappa shape index (κ1) is 13.6. The van der Waals surface area contributed by atoms with Crippen molar-refractivity contribution >= 4 is 17.8 Å². The van der Waals surface area contributed by atoms with Crippen LogP contribution in [0.15, 0.2) is 30.6 Å². The number of carbonyl (C=O) groups excluding carboxylic acids is 3. The molecule has 0 bridgehead atoms. The Kier molecular flexibility index (Phi) is 2.97. The second-order valence-electron chi connectivity index (χ2n) is 5.42. The minimum atomic E-state index is -0.666. The van der Waals surface area contributed by atoms with Gasteiger partial charge in [-0.3, -0.25) is 9.59 Å². The number of hydrogen-bond donors (Lipinski definition) is 0. The number of carbonyl (C=O) groups is 3. The van der Waals surface area contributed by atoms with E-state index in [0.717, 1.165) is 12.8 Å². The van der Waals surface area contributed by atoms with E-state index >= 15 is 0 Å². The molecule has 1 atom stereocenters. The Bertz CT molecular complexity index is 793. The normalized spacial score (nSPS) is 19.5. The lowest BCUT2D eigenvalue weighted by Gasteiger charge is -2.23. The van der Waals surface area contributed by atoms with Gasteiger partial charge in [0.05, 0.1) is 11.1 Å². The zero-order valence-electron chi connectivity index (χ0n) is 12.0. The number of fused-ring (bicyclic) bond motifs is 2. The molecule has 3 heterocycles. The molecule has 2 aliphatic heterocycles. The number of rotatable bonds is 2. The van der Waals surface area contributed by atoms with E-state index in [4.69, 9.17) is 4.84 Å². The summed E-state index contributed by atoms with van der Waals surface area (Å²) in [7, 11) is 0. The van der Waals surface area contributed by atoms with Crippen molar-refractivity contribution in [2.75, 3.05) is 0 Å². The average Bonchev–Trinajstić information content (AvgIpc) is 3.14. The summed E-state index contributed by atoms with van der Waals surface area (Å²) in [6.07, 6.45) is 3.51. The van der Waals surface area contributed by atoms with E-state index in [1.165, 1.54) is 18.5 Å². The maximum Gasteiger partial charge on any atom is 0.355 e. The Balaban J connectivity index is 1.57. The number of aryl methyl sites for hydroxylation is 1. The van der Waals surface area contributed by atoms with E-state index < -0.39 is 23.8 Å². The van der Waals surface area contributed by atoms with Gasteiger partial charge in [-0.1, -0.05) is 17.2 Å². The van der Waals surface area contributed by atoms with E-state index in [1.54, 1.807) is 16.7 Å². The summed E-state index contributed by atoms with van der Waals surface area (Å²) in [5.74, 6) is -1.22. The van der Waals surface area contributed by atoms with Crippen molar-refractivity contribution in [3.8, 4) is 0 Å². The van der Waals surface area contributed by atoms with Crippen LogP contribution >= 0.6 is 0 Å². The van der Waals surface area contributed by atoms with Crippen molar-refractivity contribution < 1.29 is 19.2 Å². The fourth-order valence-electron chi connectivity index (χ4n) is 2.93. The number of nitrogens with zero attached hydrogens (tertiary/aromatic N) is 4. The van der Waals surface area contributed by atoms with Crippen LogP contribution in [0, 0.1) is 0 Å². The fourth-order valence-corrected chi connectivity index (χ4v) is 2.93. The Labute approximate surface area is 130 Å². The number of benzene rings is 1. The summed E-state index contributed by atoms with van der Waals surface area (Å²) in [5, 5.41) is 8.26. The van der Waals surface area contributed by atoms with Crippen LogP contribution in [0.4, 0.5) is 0 Å². The van der Waals surface area contributed by atoms with Crippen molar-refractivity contribution in [3.05, 3.63) is 47.5 Å². The fraction of sp³-hybridized carbons (Fsp3) is 0.267. The molecule has 23 heavy (non-hydrogen) atoms. The molecule has 0 aliphatic carbocycles. The molecular weight excluding hydrogens is 300 g/mol. The zero-order chi connectivity index (χ0) is 16.0. The summed E-state index contributed by atoms with van der Waals surface area (Å²) in [6.45, 7) is 0. The van der Waals surface area contributed by atoms with Gasteiger partial charge in [0.25, 0.3) is 11.8 Å². The highest BCUT2D eigenvalue weighted by molar-refractivity contribution is 6.20. The van der Waals surface area contributed by atoms with Gasteiger partial charge >= 0.3 is 5.97 Å². The van der Waals surface area contributed by atoms with Crippen molar-refractivity contribution in [2.45, 2.75) is 25.3 Å². The number of imide groups is 1. The lowest BCUT2D eigenvalue weighted by molar-refractivity contribution is -0.173. The molecule has 2 amide bonds. The minimum Gasteiger partial charge on any atom is -0.327 e. The number of hydrogen-bond acceptors (Lipinski definition) is 6. The van der Waals surface area contributed by atoms with Gasteiger partial charge in [-0.05, 0) is 25.0 Å². The topological polar surface area (TPSA) is 94.4 Å². The van der Waals surface area contributed by atoms with Gasteiger partial charge in [0.15, 0.2) is 0 Å². The summed E-state index contributed by atoms with van der Waals surface area (Å²) < 4.78 is 1.63. The quantitative estimate of drug-likeness (QED) is 0.765. The van der Waals surface area contributed by atoms with E-state index in [1.807, 2.05) is 0 Å². The maximum absolute atomic E-state index is 12.4. The molecule has 0 saturated carbocycles. The van der Waals surface area contributed by atoms with Gasteiger partial charge < -0.3 is 9.40 Å². The SMILES string of the molecule is O=C(ON1C(=O)c2ccccc2C1=O)C1CCCc2nncn21. The molecule has 4 rings (SSSR count). The highest BCUT2D eigenvalue weighted by Crippen LogP contribution is 2.27. The Morgan fingerprint density at radius 3 is 2.57 bits per heavy atom. The third kappa shape index (κ3) is 2.02. The highest BCUT2D eigenvalue weighted by Gasteiger charge is 2.40. The van der Waals surface area contributed by atoms with Crippen LogP contribution in [0.3, 0.4) is 0 Å². The van der Waals surface area contributed by atoms with Crippen LogP contribution in [-0.4, -0.2) is 37.6 Å². The molecule has 8 heteroatoms. The highest BCUT2D eigenvalue weighted by atomic mass is 16.7. The summed E-state index contributed by atoms with van der Waals surface area (Å²) >= 11 is 0. The molecular formula is C15H12N4O4. The molecule has 0 radical (unpaired) electrons. The standard InChI is InChI=1S/C15H12N4O4/c20-13-9-4-1-2-5-10(9)14(21)19(13)23-15(22)11-6-3-7-12-17-16-8-18(11)12/h1-2,4-5,8,11H,3,6-7H2. The van der Waals surface area contributed by atoms with Crippen molar-refractivity contribution in [2.24, 2.45) is 0 Å². The third-order valence-electron chi connectivity index (χ3n) is 4.07. The largest absolute Gasteiger partial charge is 0.355 e. The lowest BCUT2D eigenvalue weighted by atomic mass is 10.1. The molecule has 1 aromatic carbocycles. The third-order valence-corrected chi connectivity index (χ3v) is 4.07. The van der Waals surface area contributed by atoms with Crippen LogP contribution in [0.1, 0.15) is 45.4 Å². The predicted octanol–water partition coefficient (Wildman–Crippen LogP) is 0.910. The summed E-state index contributed by atoms with van der Waals surface area (Å²) in [4.78, 5) is 41.9. The zero-order valence-corrected chi connectivity index (χ0v) is 12.0. The second-order valence-corrected chi connectivity index (χ2v) is 5.42. The first-order valence-electron chi connectivity index (χ1n) is 7.25. The molecule has 116 valence electrons. The molecule has 2 aromatic rings. The smallest absolute Gasteiger partial charge is 0.327 e. The van der Waals surface area contributed by atoms with Gasteiger partial charge in [0.2, 0.25) is 0 Å². The van der Waals surface area contributed by atoms with E-state index in [-0.39, 0.29) is 11.1 Å². The van der Waals surface area contributed by atoms with E-state index in [0.29, 0.717) is 17.3 Å². The molecule has 1 aromatic heterocycles. The molecule has 8 nitrogen and oxygen atoms in total. The van der Waals surface area contributed by atoms with Crippen LogP contribution in [0.5, 0.6) is 0 Å². The molecule has 0 fully saturated rings. The Hall–Kier alpha value is -3.03. The monoisotopic (exact) mass is 312 g/mol. The summed E-state index contributed by atoms with van der Waals surface area (Å²) in [6, 6.07) is 5.74. The minimum absolute atomic E-state index is 0.235. The van der Waals surface area contributed by atoms with Crippen LogP contribution in [0.25, 0.3) is 0 Å². The number of amides is 2. The first-order chi connectivity index (χ1) is 11.2. The lowest BCUT2D eigenvalue weighted by Crippen LogP contribution is -2.37. The van der Waals surface area contributed by atoms with Gasteiger partial charge in [-0.15, -0.1) is 10.2 Å². The van der Waals surface area contributed by atoms with Crippen molar-refractivity contribution in [1.82, 2.24) is 19.8 Å². The molecule has 0 N–H and O–H groups in total. The Morgan fingerprint density at radius 2 is 1.87 bits per heavy atom. The predicted molar refractivity (Wildman–Crippen MR) is 75.0 cm³/mol. The van der Waals surface area contributed by atoms with E-state index in [2.05, 4.69) is 10.2 Å². The molecule has 1 unspecified atom stereocenters. The molecule has 0 saturated heterocycles. The molecule has 2 aliphatic rings.